The van der Waals surface area contributed by atoms with E-state index in [2.05, 4.69) is 9.89 Å². The monoisotopic (exact) mass is 257 g/mol. The summed E-state index contributed by atoms with van der Waals surface area (Å²) in [6, 6.07) is 9.71. The highest BCUT2D eigenvalue weighted by atomic mass is 16.5. The van der Waals surface area contributed by atoms with Crippen LogP contribution in [0.5, 0.6) is 0 Å². The Morgan fingerprint density at radius 1 is 1.32 bits per heavy atom. The minimum Gasteiger partial charge on any atom is -0.466 e. The first-order valence-corrected chi connectivity index (χ1v) is 5.91. The van der Waals surface area contributed by atoms with Gasteiger partial charge in [0.05, 0.1) is 7.11 Å². The van der Waals surface area contributed by atoms with Gasteiger partial charge in [-0.1, -0.05) is 35.5 Å². The summed E-state index contributed by atoms with van der Waals surface area (Å²) in [6.07, 6.45) is 1.44. The van der Waals surface area contributed by atoms with E-state index in [4.69, 9.17) is 4.52 Å². The summed E-state index contributed by atoms with van der Waals surface area (Å²) in [5.41, 5.74) is 3.28. The maximum atomic E-state index is 11.3. The highest BCUT2D eigenvalue weighted by Gasteiger charge is 2.16. The molecule has 19 heavy (non-hydrogen) atoms. The standard InChI is InChI=1S/C15H15NO3/c1-10(9-13(17)18-3)14-11(2)19-16-15(14)12-7-5-4-6-8-12/h4-9H,1-3H3/b10-9+. The number of ether oxygens (including phenoxy) is 1. The van der Waals surface area contributed by atoms with E-state index in [9.17, 15) is 4.79 Å². The molecule has 0 bridgehead atoms. The van der Waals surface area contributed by atoms with Gasteiger partial charge < -0.3 is 9.26 Å². The molecule has 1 heterocycles. The molecule has 98 valence electrons. The van der Waals surface area contributed by atoms with Gasteiger partial charge in [-0.15, -0.1) is 0 Å². The van der Waals surface area contributed by atoms with E-state index >= 15 is 0 Å². The van der Waals surface area contributed by atoms with E-state index in [1.165, 1.54) is 13.2 Å². The van der Waals surface area contributed by atoms with Crippen molar-refractivity contribution in [3.05, 3.63) is 47.7 Å². The van der Waals surface area contributed by atoms with Crippen LogP contribution in [-0.2, 0) is 9.53 Å². The number of aryl methyl sites for hydroxylation is 1. The van der Waals surface area contributed by atoms with Gasteiger partial charge in [0, 0.05) is 17.2 Å². The first-order chi connectivity index (χ1) is 9.13. The number of allylic oxidation sites excluding steroid dienone is 1. The van der Waals surface area contributed by atoms with Crippen molar-refractivity contribution >= 4 is 11.5 Å². The number of aromatic nitrogens is 1. The zero-order valence-corrected chi connectivity index (χ0v) is 11.1. The third-order valence-corrected chi connectivity index (χ3v) is 2.84. The van der Waals surface area contributed by atoms with Crippen molar-refractivity contribution in [3.8, 4) is 11.3 Å². The molecular formula is C15H15NO3. The lowest BCUT2D eigenvalue weighted by molar-refractivity contribution is -0.134. The van der Waals surface area contributed by atoms with Gasteiger partial charge in [-0.2, -0.15) is 0 Å². The average molecular weight is 257 g/mol. The third-order valence-electron chi connectivity index (χ3n) is 2.84. The second kappa shape index (κ2) is 5.52. The lowest BCUT2D eigenvalue weighted by Gasteiger charge is -2.03. The van der Waals surface area contributed by atoms with Gasteiger partial charge in [0.1, 0.15) is 11.5 Å². The fourth-order valence-corrected chi connectivity index (χ4v) is 1.94. The Balaban J connectivity index is 2.50. The summed E-state index contributed by atoms with van der Waals surface area (Å²) < 4.78 is 9.88. The van der Waals surface area contributed by atoms with Crippen molar-refractivity contribution in [2.45, 2.75) is 13.8 Å². The molecule has 4 heteroatoms. The van der Waals surface area contributed by atoms with Gasteiger partial charge in [-0.25, -0.2) is 4.79 Å². The van der Waals surface area contributed by atoms with Crippen LogP contribution < -0.4 is 0 Å². The molecule has 0 amide bonds. The molecule has 0 radical (unpaired) electrons. The molecular weight excluding hydrogens is 242 g/mol. The second-order valence-corrected chi connectivity index (χ2v) is 4.18. The van der Waals surface area contributed by atoms with Crippen LogP contribution in [0.2, 0.25) is 0 Å². The maximum absolute atomic E-state index is 11.3. The molecule has 0 saturated heterocycles. The highest BCUT2D eigenvalue weighted by Crippen LogP contribution is 2.30. The Bertz CT molecular complexity index is 612. The van der Waals surface area contributed by atoms with Gasteiger partial charge in [-0.3, -0.25) is 0 Å². The van der Waals surface area contributed by atoms with E-state index in [1.807, 2.05) is 44.2 Å². The van der Waals surface area contributed by atoms with Crippen LogP contribution in [0.15, 0.2) is 40.9 Å². The van der Waals surface area contributed by atoms with E-state index in [0.717, 1.165) is 22.4 Å². The quantitative estimate of drug-likeness (QED) is 0.625. The van der Waals surface area contributed by atoms with Crippen molar-refractivity contribution in [2.24, 2.45) is 0 Å². The Morgan fingerprint density at radius 3 is 2.63 bits per heavy atom. The topological polar surface area (TPSA) is 52.3 Å². The van der Waals surface area contributed by atoms with Crippen LogP contribution in [0.25, 0.3) is 16.8 Å². The molecule has 0 aliphatic heterocycles. The fraction of sp³-hybridized carbons (Fsp3) is 0.200. The smallest absolute Gasteiger partial charge is 0.330 e. The summed E-state index contributed by atoms with van der Waals surface area (Å²) in [6.45, 7) is 3.66. The van der Waals surface area contributed by atoms with Gasteiger partial charge in [0.25, 0.3) is 0 Å². The predicted molar refractivity (Wildman–Crippen MR) is 72.3 cm³/mol. The summed E-state index contributed by atoms with van der Waals surface area (Å²) in [5, 5.41) is 4.07. The van der Waals surface area contributed by atoms with Crippen LogP contribution in [0, 0.1) is 6.92 Å². The lowest BCUT2D eigenvalue weighted by atomic mass is 10.0. The van der Waals surface area contributed by atoms with E-state index in [-0.39, 0.29) is 0 Å². The predicted octanol–water partition coefficient (Wildman–Crippen LogP) is 3.23. The molecule has 0 N–H and O–H groups in total. The first-order valence-electron chi connectivity index (χ1n) is 5.91. The van der Waals surface area contributed by atoms with E-state index in [0.29, 0.717) is 5.76 Å². The second-order valence-electron chi connectivity index (χ2n) is 4.18. The number of rotatable bonds is 3. The number of methoxy groups -OCH3 is 1. The normalized spacial score (nSPS) is 11.4. The highest BCUT2D eigenvalue weighted by molar-refractivity contribution is 5.93. The number of hydrogen-bond acceptors (Lipinski definition) is 4. The molecule has 1 aromatic carbocycles. The summed E-state index contributed by atoms with van der Waals surface area (Å²) in [7, 11) is 1.35. The fourth-order valence-electron chi connectivity index (χ4n) is 1.94. The SMILES string of the molecule is COC(=O)/C=C(\C)c1c(-c2ccccc2)noc1C. The molecule has 0 aliphatic carbocycles. The van der Waals surface area contributed by atoms with Crippen molar-refractivity contribution in [1.29, 1.82) is 0 Å². The molecule has 0 unspecified atom stereocenters. The summed E-state index contributed by atoms with van der Waals surface area (Å²) in [5.74, 6) is 0.286. The Kier molecular flexibility index (Phi) is 3.80. The molecule has 2 aromatic rings. The summed E-state index contributed by atoms with van der Waals surface area (Å²) >= 11 is 0. The number of esters is 1. The zero-order chi connectivity index (χ0) is 13.8. The van der Waals surface area contributed by atoms with E-state index in [1.54, 1.807) is 0 Å². The van der Waals surface area contributed by atoms with Crippen molar-refractivity contribution < 1.29 is 14.1 Å². The third kappa shape index (κ3) is 2.73. The number of carbonyl (C=O) groups is 1. The van der Waals surface area contributed by atoms with E-state index < -0.39 is 5.97 Å². The molecule has 0 saturated carbocycles. The van der Waals surface area contributed by atoms with Crippen molar-refractivity contribution in [1.82, 2.24) is 5.16 Å². The molecule has 0 spiro atoms. The molecule has 0 fully saturated rings. The van der Waals surface area contributed by atoms with Crippen LogP contribution in [0.1, 0.15) is 18.2 Å². The number of hydrogen-bond donors (Lipinski definition) is 0. The molecule has 0 atom stereocenters. The van der Waals surface area contributed by atoms with Crippen molar-refractivity contribution in [2.75, 3.05) is 7.11 Å². The van der Waals surface area contributed by atoms with Gasteiger partial charge in [-0.05, 0) is 19.4 Å². The molecule has 4 nitrogen and oxygen atoms in total. The maximum Gasteiger partial charge on any atom is 0.330 e. The largest absolute Gasteiger partial charge is 0.466 e. The molecule has 0 aliphatic rings. The minimum atomic E-state index is -0.392. The lowest BCUT2D eigenvalue weighted by Crippen LogP contribution is -1.96. The van der Waals surface area contributed by atoms with Crippen LogP contribution in [-0.4, -0.2) is 18.2 Å². The van der Waals surface area contributed by atoms with Crippen molar-refractivity contribution in [3.63, 3.8) is 0 Å². The van der Waals surface area contributed by atoms with Gasteiger partial charge >= 0.3 is 5.97 Å². The van der Waals surface area contributed by atoms with Crippen LogP contribution in [0.4, 0.5) is 0 Å². The van der Waals surface area contributed by atoms with Gasteiger partial charge in [0.15, 0.2) is 0 Å². The van der Waals surface area contributed by atoms with Gasteiger partial charge in [0.2, 0.25) is 0 Å². The van der Waals surface area contributed by atoms with Crippen LogP contribution in [0.3, 0.4) is 0 Å². The Labute approximate surface area is 111 Å². The summed E-state index contributed by atoms with van der Waals surface area (Å²) in [4.78, 5) is 11.3. The minimum absolute atomic E-state index is 0.392. The first kappa shape index (κ1) is 13.1. The molecule has 2 rings (SSSR count). The average Bonchev–Trinajstić information content (AvgIpc) is 2.81. The zero-order valence-electron chi connectivity index (χ0n) is 11.1. The Morgan fingerprint density at radius 2 is 2.00 bits per heavy atom. The number of carbonyl (C=O) groups excluding carboxylic acids is 1. The number of nitrogens with zero attached hydrogens (tertiary/aromatic N) is 1. The molecule has 1 aromatic heterocycles. The Hall–Kier alpha value is -2.36. The number of benzene rings is 1. The van der Waals surface area contributed by atoms with Crippen LogP contribution >= 0.6 is 0 Å².